The van der Waals surface area contributed by atoms with E-state index in [1.54, 1.807) is 18.0 Å². The van der Waals surface area contributed by atoms with Crippen molar-refractivity contribution in [3.8, 4) is 0 Å². The fourth-order valence-corrected chi connectivity index (χ4v) is 6.79. The summed E-state index contributed by atoms with van der Waals surface area (Å²) in [5.74, 6) is 2.88. The standard InChI is InChI=1S/C20H28O5S/c1-12-6-7-16-13(2)17(26-11-14-5-4-10-21-14)22-18-20(16)15(12)8-9-19(3,23-18)24-25-20/h4-5,10,12-13,15-18H,6-9,11H2,1-3H3/t12-,13-,15+,16+,17+,18-,19-,20-/m1/s1. The fraction of sp³-hybridized carbons (Fsp3) is 0.800. The molecule has 1 aromatic rings. The lowest BCUT2D eigenvalue weighted by atomic mass is 9.58. The highest BCUT2D eigenvalue weighted by Gasteiger charge is 2.69. The highest BCUT2D eigenvalue weighted by molar-refractivity contribution is 7.99. The van der Waals surface area contributed by atoms with Gasteiger partial charge >= 0.3 is 0 Å². The topological polar surface area (TPSA) is 50.1 Å². The normalized spacial score (nSPS) is 50.3. The first kappa shape index (κ1) is 17.6. The zero-order valence-corrected chi connectivity index (χ0v) is 16.5. The van der Waals surface area contributed by atoms with Gasteiger partial charge in [-0.2, -0.15) is 0 Å². The fourth-order valence-electron chi connectivity index (χ4n) is 5.62. The van der Waals surface area contributed by atoms with Gasteiger partial charge in [0.15, 0.2) is 11.9 Å². The first-order valence-electron chi connectivity index (χ1n) is 9.86. The molecule has 6 heteroatoms. The van der Waals surface area contributed by atoms with E-state index in [1.807, 2.05) is 19.1 Å². The maximum atomic E-state index is 6.55. The molecule has 5 nitrogen and oxygen atoms in total. The maximum Gasteiger partial charge on any atom is 0.201 e. The second-order valence-electron chi connectivity index (χ2n) is 8.66. The largest absolute Gasteiger partial charge is 0.468 e. The SMILES string of the molecule is C[C@H]1[C@H](SCc2ccco2)O[C@@H]2O[C@@]3(C)CC[C@H]4[C@H](C)CC[C@@H]1[C@@]24OO3. The highest BCUT2D eigenvalue weighted by atomic mass is 32.2. The van der Waals surface area contributed by atoms with Gasteiger partial charge in [-0.25, -0.2) is 9.78 Å². The van der Waals surface area contributed by atoms with Gasteiger partial charge in [0.2, 0.25) is 5.79 Å². The molecule has 1 saturated carbocycles. The summed E-state index contributed by atoms with van der Waals surface area (Å²) in [4.78, 5) is 12.0. The van der Waals surface area contributed by atoms with Crippen LogP contribution < -0.4 is 0 Å². The Morgan fingerprint density at radius 3 is 2.85 bits per heavy atom. The Bertz CT molecular complexity index is 651. The lowest BCUT2D eigenvalue weighted by Crippen LogP contribution is -2.70. The highest BCUT2D eigenvalue weighted by Crippen LogP contribution is 2.61. The zero-order chi connectivity index (χ0) is 17.9. The minimum atomic E-state index is -0.700. The van der Waals surface area contributed by atoms with Gasteiger partial charge in [-0.05, 0) is 56.1 Å². The molecule has 26 heavy (non-hydrogen) atoms. The minimum absolute atomic E-state index is 0.0707. The molecule has 8 atom stereocenters. The van der Waals surface area contributed by atoms with Crippen molar-refractivity contribution >= 4 is 11.8 Å². The van der Waals surface area contributed by atoms with Crippen molar-refractivity contribution in [2.45, 2.75) is 75.3 Å². The van der Waals surface area contributed by atoms with E-state index in [0.29, 0.717) is 23.7 Å². The van der Waals surface area contributed by atoms with Crippen molar-refractivity contribution in [3.63, 3.8) is 0 Å². The molecule has 5 heterocycles. The van der Waals surface area contributed by atoms with Crippen LogP contribution in [0.2, 0.25) is 0 Å². The van der Waals surface area contributed by atoms with E-state index in [-0.39, 0.29) is 11.7 Å². The Hall–Kier alpha value is -0.530. The molecule has 2 bridgehead atoms. The van der Waals surface area contributed by atoms with E-state index in [9.17, 15) is 0 Å². The van der Waals surface area contributed by atoms with E-state index in [4.69, 9.17) is 23.7 Å². The van der Waals surface area contributed by atoms with E-state index < -0.39 is 11.4 Å². The summed E-state index contributed by atoms with van der Waals surface area (Å²) < 4.78 is 18.4. The Balaban J connectivity index is 1.45. The zero-order valence-electron chi connectivity index (χ0n) is 15.7. The Labute approximate surface area is 159 Å². The summed E-state index contributed by atoms with van der Waals surface area (Å²) in [6, 6.07) is 3.95. The van der Waals surface area contributed by atoms with Crippen molar-refractivity contribution in [2.24, 2.45) is 23.7 Å². The molecule has 1 aliphatic carbocycles. The average molecular weight is 381 g/mol. The molecule has 1 spiro atoms. The van der Waals surface area contributed by atoms with Gasteiger partial charge in [0.05, 0.1) is 12.0 Å². The van der Waals surface area contributed by atoms with Gasteiger partial charge in [-0.3, -0.25) is 0 Å². The van der Waals surface area contributed by atoms with Crippen LogP contribution in [0.15, 0.2) is 22.8 Å². The third-order valence-corrected chi connectivity index (χ3v) is 8.39. The predicted molar refractivity (Wildman–Crippen MR) is 96.8 cm³/mol. The molecule has 0 N–H and O–H groups in total. The van der Waals surface area contributed by atoms with Crippen LogP contribution in [0.3, 0.4) is 0 Å². The molecule has 5 aliphatic rings. The molecule has 1 aromatic heterocycles. The van der Waals surface area contributed by atoms with E-state index in [0.717, 1.165) is 30.8 Å². The first-order chi connectivity index (χ1) is 12.5. The number of hydrogen-bond acceptors (Lipinski definition) is 6. The van der Waals surface area contributed by atoms with Crippen molar-refractivity contribution in [1.82, 2.24) is 0 Å². The van der Waals surface area contributed by atoms with Crippen molar-refractivity contribution in [1.29, 1.82) is 0 Å². The lowest BCUT2D eigenvalue weighted by molar-refractivity contribution is -0.568. The molecule has 4 saturated heterocycles. The van der Waals surface area contributed by atoms with Crippen molar-refractivity contribution < 1.29 is 23.7 Å². The summed E-state index contributed by atoms with van der Waals surface area (Å²) in [5.41, 5.74) is -0.393. The number of hydrogen-bond donors (Lipinski definition) is 0. The van der Waals surface area contributed by atoms with Crippen LogP contribution in [0.25, 0.3) is 0 Å². The van der Waals surface area contributed by atoms with Crippen molar-refractivity contribution in [2.75, 3.05) is 0 Å². The Morgan fingerprint density at radius 2 is 2.04 bits per heavy atom. The summed E-state index contributed by atoms with van der Waals surface area (Å²) >= 11 is 1.80. The lowest BCUT2D eigenvalue weighted by Gasteiger charge is -2.60. The second-order valence-corrected chi connectivity index (χ2v) is 9.75. The number of rotatable bonds is 3. The molecule has 0 radical (unpaired) electrons. The van der Waals surface area contributed by atoms with E-state index in [2.05, 4.69) is 13.8 Å². The number of ether oxygens (including phenoxy) is 2. The van der Waals surface area contributed by atoms with Crippen LogP contribution >= 0.6 is 11.8 Å². The monoisotopic (exact) mass is 380 g/mol. The van der Waals surface area contributed by atoms with Crippen molar-refractivity contribution in [3.05, 3.63) is 24.2 Å². The van der Waals surface area contributed by atoms with Gasteiger partial charge < -0.3 is 13.9 Å². The van der Waals surface area contributed by atoms with Crippen LogP contribution in [-0.2, 0) is 25.0 Å². The van der Waals surface area contributed by atoms with E-state index >= 15 is 0 Å². The molecule has 5 fully saturated rings. The van der Waals surface area contributed by atoms with Gasteiger partial charge in [0.25, 0.3) is 0 Å². The van der Waals surface area contributed by atoms with E-state index in [1.165, 1.54) is 6.42 Å². The van der Waals surface area contributed by atoms with Gasteiger partial charge in [0.1, 0.15) is 11.2 Å². The van der Waals surface area contributed by atoms with Crippen LogP contribution in [0.4, 0.5) is 0 Å². The molecular weight excluding hydrogens is 352 g/mol. The summed E-state index contributed by atoms with van der Waals surface area (Å²) in [5, 5.41) is 0. The average Bonchev–Trinajstić information content (AvgIpc) is 3.04. The Morgan fingerprint density at radius 1 is 1.15 bits per heavy atom. The minimum Gasteiger partial charge on any atom is -0.468 e. The third kappa shape index (κ3) is 2.53. The smallest absolute Gasteiger partial charge is 0.201 e. The summed E-state index contributed by atoms with van der Waals surface area (Å²) in [6.45, 7) is 6.62. The Kier molecular flexibility index (Phi) is 4.22. The summed E-state index contributed by atoms with van der Waals surface area (Å²) in [6.07, 6.45) is 5.68. The summed E-state index contributed by atoms with van der Waals surface area (Å²) in [7, 11) is 0. The van der Waals surface area contributed by atoms with Gasteiger partial charge in [0, 0.05) is 12.3 Å². The predicted octanol–water partition coefficient (Wildman–Crippen LogP) is 4.72. The van der Waals surface area contributed by atoms with Gasteiger partial charge in [-0.15, -0.1) is 11.8 Å². The molecule has 6 rings (SSSR count). The van der Waals surface area contributed by atoms with Crippen LogP contribution in [0.5, 0.6) is 0 Å². The van der Waals surface area contributed by atoms with Crippen LogP contribution in [0, 0.1) is 23.7 Å². The molecule has 4 aliphatic heterocycles. The molecular formula is C20H28O5S. The first-order valence-corrected chi connectivity index (χ1v) is 10.9. The quantitative estimate of drug-likeness (QED) is 0.707. The third-order valence-electron chi connectivity index (χ3n) is 7.07. The molecule has 144 valence electrons. The number of fused-ring (bicyclic) bond motifs is 2. The molecule has 0 aromatic carbocycles. The van der Waals surface area contributed by atoms with Crippen LogP contribution in [0.1, 0.15) is 52.2 Å². The van der Waals surface area contributed by atoms with Crippen LogP contribution in [-0.4, -0.2) is 23.1 Å². The second kappa shape index (κ2) is 6.24. The van der Waals surface area contributed by atoms with Gasteiger partial charge in [-0.1, -0.05) is 13.8 Å². The molecule has 0 unspecified atom stereocenters. The molecule has 0 amide bonds. The number of thioether (sulfide) groups is 1. The maximum absolute atomic E-state index is 6.55. The number of furan rings is 1.